The first-order valence-corrected chi connectivity index (χ1v) is 7.17. The lowest BCUT2D eigenvalue weighted by atomic mass is 10.1. The molecule has 0 unspecified atom stereocenters. The highest BCUT2D eigenvalue weighted by Crippen LogP contribution is 2.21. The summed E-state index contributed by atoms with van der Waals surface area (Å²) in [5, 5.41) is 17.2. The lowest BCUT2D eigenvalue weighted by Crippen LogP contribution is -2.26. The Kier molecular flexibility index (Phi) is 4.64. The van der Waals surface area contributed by atoms with Crippen molar-refractivity contribution in [3.05, 3.63) is 61.6 Å². The summed E-state index contributed by atoms with van der Waals surface area (Å²) < 4.78 is 13.9. The number of nitro groups is 1. The van der Waals surface area contributed by atoms with Gasteiger partial charge in [-0.25, -0.2) is 4.39 Å². The number of amides is 1. The van der Waals surface area contributed by atoms with Crippen molar-refractivity contribution in [2.75, 3.05) is 6.54 Å². The predicted octanol–water partition coefficient (Wildman–Crippen LogP) is 3.08. The second kappa shape index (κ2) is 6.45. The monoisotopic (exact) mass is 308 g/mol. The van der Waals surface area contributed by atoms with Gasteiger partial charge in [0.1, 0.15) is 5.82 Å². The molecule has 0 saturated carbocycles. The Hall–Kier alpha value is -2.28. The van der Waals surface area contributed by atoms with Crippen molar-refractivity contribution >= 4 is 22.9 Å². The largest absolute Gasteiger partial charge is 0.352 e. The third kappa shape index (κ3) is 3.63. The molecule has 0 aliphatic rings. The third-order valence-electron chi connectivity index (χ3n) is 2.97. The van der Waals surface area contributed by atoms with Crippen LogP contribution in [-0.4, -0.2) is 17.4 Å². The first-order valence-electron chi connectivity index (χ1n) is 6.23. The topological polar surface area (TPSA) is 72.2 Å². The zero-order valence-corrected chi connectivity index (χ0v) is 12.1. The van der Waals surface area contributed by atoms with E-state index in [4.69, 9.17) is 0 Å². The van der Waals surface area contributed by atoms with Gasteiger partial charge >= 0.3 is 0 Å². The average Bonchev–Trinajstić information content (AvgIpc) is 2.94. The molecule has 2 aromatic rings. The molecule has 2 rings (SSSR count). The van der Waals surface area contributed by atoms with Gasteiger partial charge in [-0.1, -0.05) is 0 Å². The summed E-state index contributed by atoms with van der Waals surface area (Å²) in [5.74, 6) is -1.37. The summed E-state index contributed by atoms with van der Waals surface area (Å²) in [4.78, 5) is 22.1. The second-order valence-electron chi connectivity index (χ2n) is 4.52. The highest BCUT2D eigenvalue weighted by Gasteiger charge is 2.19. The Morgan fingerprint density at radius 2 is 2.24 bits per heavy atom. The number of nitro benzene ring substituents is 1. The van der Waals surface area contributed by atoms with Gasteiger partial charge in [0.25, 0.3) is 11.6 Å². The fraction of sp³-hybridized carbons (Fsp3) is 0.214. The number of nitrogens with zero attached hydrogens (tertiary/aromatic N) is 1. The molecule has 1 heterocycles. The number of rotatable bonds is 5. The molecule has 1 N–H and O–H groups in total. The molecule has 110 valence electrons. The number of hydrogen-bond donors (Lipinski definition) is 1. The molecule has 0 atom stereocenters. The number of carbonyl (C=O) groups is 1. The average molecular weight is 308 g/mol. The molecular formula is C14H13FN2O3S. The summed E-state index contributed by atoms with van der Waals surface area (Å²) in [7, 11) is 0. The van der Waals surface area contributed by atoms with Crippen LogP contribution in [0, 0.1) is 22.9 Å². The van der Waals surface area contributed by atoms with Crippen LogP contribution < -0.4 is 5.32 Å². The van der Waals surface area contributed by atoms with Crippen molar-refractivity contribution in [2.24, 2.45) is 0 Å². The van der Waals surface area contributed by atoms with Crippen LogP contribution in [0.1, 0.15) is 21.5 Å². The lowest BCUT2D eigenvalue weighted by molar-refractivity contribution is -0.385. The van der Waals surface area contributed by atoms with Crippen molar-refractivity contribution in [1.29, 1.82) is 0 Å². The molecular weight excluding hydrogens is 295 g/mol. The van der Waals surface area contributed by atoms with Crippen LogP contribution >= 0.6 is 11.3 Å². The van der Waals surface area contributed by atoms with Crippen LogP contribution in [0.3, 0.4) is 0 Å². The van der Waals surface area contributed by atoms with E-state index in [1.807, 2.05) is 16.8 Å². The number of nitrogens with one attached hydrogen (secondary N) is 1. The van der Waals surface area contributed by atoms with E-state index in [-0.39, 0.29) is 16.8 Å². The van der Waals surface area contributed by atoms with Gasteiger partial charge in [0.2, 0.25) is 0 Å². The van der Waals surface area contributed by atoms with Crippen LogP contribution in [0.4, 0.5) is 10.1 Å². The second-order valence-corrected chi connectivity index (χ2v) is 5.30. The van der Waals surface area contributed by atoms with Crippen LogP contribution in [-0.2, 0) is 6.42 Å². The molecule has 1 aromatic heterocycles. The van der Waals surface area contributed by atoms with E-state index in [1.165, 1.54) is 6.92 Å². The zero-order valence-electron chi connectivity index (χ0n) is 11.3. The molecule has 0 radical (unpaired) electrons. The fourth-order valence-corrected chi connectivity index (χ4v) is 2.57. The van der Waals surface area contributed by atoms with Gasteiger partial charge in [0.05, 0.1) is 10.5 Å². The molecule has 21 heavy (non-hydrogen) atoms. The van der Waals surface area contributed by atoms with Crippen LogP contribution in [0.2, 0.25) is 0 Å². The highest BCUT2D eigenvalue weighted by atomic mass is 32.1. The summed E-state index contributed by atoms with van der Waals surface area (Å²) in [6.07, 6.45) is 0.630. The number of benzene rings is 1. The quantitative estimate of drug-likeness (QED) is 0.681. The molecule has 7 heteroatoms. The van der Waals surface area contributed by atoms with Crippen molar-refractivity contribution < 1.29 is 14.1 Å². The van der Waals surface area contributed by atoms with E-state index < -0.39 is 16.6 Å². The van der Waals surface area contributed by atoms with Crippen molar-refractivity contribution in [1.82, 2.24) is 5.32 Å². The maximum atomic E-state index is 13.9. The van der Waals surface area contributed by atoms with E-state index in [1.54, 1.807) is 11.3 Å². The number of carbonyl (C=O) groups excluding carboxylic acids is 1. The van der Waals surface area contributed by atoms with Gasteiger partial charge < -0.3 is 5.32 Å². The zero-order chi connectivity index (χ0) is 15.4. The van der Waals surface area contributed by atoms with Crippen molar-refractivity contribution in [3.8, 4) is 0 Å². The van der Waals surface area contributed by atoms with Gasteiger partial charge in [-0.05, 0) is 41.3 Å². The minimum atomic E-state index is -0.728. The van der Waals surface area contributed by atoms with Gasteiger partial charge in [0, 0.05) is 18.7 Å². The smallest absolute Gasteiger partial charge is 0.270 e. The number of thiophene rings is 1. The first-order chi connectivity index (χ1) is 9.99. The van der Waals surface area contributed by atoms with E-state index in [0.717, 1.165) is 17.7 Å². The predicted molar refractivity (Wildman–Crippen MR) is 78.1 cm³/mol. The van der Waals surface area contributed by atoms with E-state index in [2.05, 4.69) is 5.32 Å². The van der Waals surface area contributed by atoms with E-state index in [0.29, 0.717) is 13.0 Å². The van der Waals surface area contributed by atoms with E-state index in [9.17, 15) is 19.3 Å². The summed E-state index contributed by atoms with van der Waals surface area (Å²) >= 11 is 1.56. The maximum Gasteiger partial charge on any atom is 0.270 e. The Balaban J connectivity index is 2.09. The molecule has 0 bridgehead atoms. The van der Waals surface area contributed by atoms with Gasteiger partial charge in [-0.15, -0.1) is 0 Å². The fourth-order valence-electron chi connectivity index (χ4n) is 1.87. The Morgan fingerprint density at radius 3 is 2.86 bits per heavy atom. The molecule has 0 aliphatic carbocycles. The van der Waals surface area contributed by atoms with Gasteiger partial charge in [0.15, 0.2) is 0 Å². The molecule has 0 aliphatic heterocycles. The maximum absolute atomic E-state index is 13.9. The highest BCUT2D eigenvalue weighted by molar-refractivity contribution is 7.07. The minimum Gasteiger partial charge on any atom is -0.352 e. The summed E-state index contributed by atoms with van der Waals surface area (Å²) in [6, 6.07) is 4.01. The summed E-state index contributed by atoms with van der Waals surface area (Å²) in [5.41, 5.74) is 0.562. The Morgan fingerprint density at radius 1 is 1.48 bits per heavy atom. The standard InChI is InChI=1S/C14H13FN2O3S/c1-9-6-11(17(19)20)7-12(13(9)15)14(18)16-4-2-10-3-5-21-8-10/h3,5-8H,2,4H2,1H3,(H,16,18). The van der Waals surface area contributed by atoms with Crippen LogP contribution in [0.5, 0.6) is 0 Å². The molecule has 0 saturated heterocycles. The Labute approximate surface area is 124 Å². The van der Waals surface area contributed by atoms with Gasteiger partial charge in [-0.2, -0.15) is 11.3 Å². The molecule has 5 nitrogen and oxygen atoms in total. The van der Waals surface area contributed by atoms with E-state index >= 15 is 0 Å². The molecule has 1 aromatic carbocycles. The van der Waals surface area contributed by atoms with Crippen LogP contribution in [0.15, 0.2) is 29.0 Å². The molecule has 0 fully saturated rings. The minimum absolute atomic E-state index is 0.0761. The molecule has 0 spiro atoms. The third-order valence-corrected chi connectivity index (χ3v) is 3.71. The number of halogens is 1. The number of hydrogen-bond acceptors (Lipinski definition) is 4. The molecule has 1 amide bonds. The Bertz CT molecular complexity index is 671. The van der Waals surface area contributed by atoms with Crippen LogP contribution in [0.25, 0.3) is 0 Å². The van der Waals surface area contributed by atoms with Crippen molar-refractivity contribution in [3.63, 3.8) is 0 Å². The number of non-ortho nitro benzene ring substituents is 1. The SMILES string of the molecule is Cc1cc([N+](=O)[O-])cc(C(=O)NCCc2ccsc2)c1F. The lowest BCUT2D eigenvalue weighted by Gasteiger charge is -2.07. The van der Waals surface area contributed by atoms with Gasteiger partial charge in [-0.3, -0.25) is 14.9 Å². The summed E-state index contributed by atoms with van der Waals surface area (Å²) in [6.45, 7) is 1.74. The normalized spacial score (nSPS) is 10.4. The first kappa shape index (κ1) is 15.1. The van der Waals surface area contributed by atoms with Crippen molar-refractivity contribution in [2.45, 2.75) is 13.3 Å². The number of aryl methyl sites for hydroxylation is 1.